The molecule has 0 aliphatic heterocycles. The molecule has 0 aliphatic rings. The van der Waals surface area contributed by atoms with E-state index in [0.29, 0.717) is 31.5 Å². The molecule has 0 unspecified atom stereocenters. The minimum Gasteiger partial charge on any atom is -0.618 e. The number of aromatic nitrogens is 3. The lowest BCUT2D eigenvalue weighted by atomic mass is 10.3. The first-order valence-corrected chi connectivity index (χ1v) is 4.49. The molecule has 0 saturated heterocycles. The minimum atomic E-state index is 0.378. The lowest BCUT2D eigenvalue weighted by Crippen LogP contribution is -2.31. The van der Waals surface area contributed by atoms with Gasteiger partial charge in [-0.05, 0) is 12.1 Å². The second-order valence-electron chi connectivity index (χ2n) is 3.32. The number of nitrogens with one attached hydrogen (secondary N) is 1. The molecule has 0 aromatic carbocycles. The van der Waals surface area contributed by atoms with E-state index in [1.807, 2.05) is 0 Å². The molecule has 3 heterocycles. The number of nitrogens with zero attached hydrogens (tertiary/aromatic N) is 2. The molecule has 5 nitrogen and oxygen atoms in total. The van der Waals surface area contributed by atoms with Gasteiger partial charge in [0.05, 0.1) is 0 Å². The number of hydrogen-bond acceptors (Lipinski definition) is 2. The largest absolute Gasteiger partial charge is 0.618 e. The smallest absolute Gasteiger partial charge is 0.315 e. The Morgan fingerprint density at radius 3 is 1.80 bits per heavy atom. The van der Waals surface area contributed by atoms with Gasteiger partial charge in [-0.15, -0.1) is 0 Å². The average Bonchev–Trinajstić information content (AvgIpc) is 2.58. The van der Waals surface area contributed by atoms with Gasteiger partial charge < -0.3 is 15.4 Å². The Labute approximate surface area is 84.4 Å². The Morgan fingerprint density at radius 1 is 0.867 bits per heavy atom. The van der Waals surface area contributed by atoms with Gasteiger partial charge in [0.15, 0.2) is 12.4 Å². The fourth-order valence-corrected chi connectivity index (χ4v) is 1.79. The van der Waals surface area contributed by atoms with Gasteiger partial charge in [0.2, 0.25) is 0 Å². The molecule has 74 valence electrons. The molecule has 0 atom stereocenters. The van der Waals surface area contributed by atoms with E-state index in [9.17, 15) is 10.4 Å². The van der Waals surface area contributed by atoms with Gasteiger partial charge in [-0.25, -0.2) is 0 Å². The molecule has 1 N–H and O–H groups in total. The van der Waals surface area contributed by atoms with Gasteiger partial charge in [0.1, 0.15) is 11.0 Å². The molecule has 0 aliphatic carbocycles. The molecule has 3 rings (SSSR count). The van der Waals surface area contributed by atoms with Crippen molar-refractivity contribution in [1.29, 1.82) is 0 Å². The van der Waals surface area contributed by atoms with Crippen molar-refractivity contribution < 1.29 is 9.46 Å². The van der Waals surface area contributed by atoms with Crippen molar-refractivity contribution in [1.82, 2.24) is 4.98 Å². The van der Waals surface area contributed by atoms with Crippen molar-refractivity contribution in [2.24, 2.45) is 0 Å². The van der Waals surface area contributed by atoms with E-state index < -0.39 is 0 Å². The molecule has 0 radical (unpaired) electrons. The third-order valence-electron chi connectivity index (χ3n) is 2.41. The normalized spacial score (nSPS) is 11.2. The fourth-order valence-electron chi connectivity index (χ4n) is 1.79. The van der Waals surface area contributed by atoms with Crippen molar-refractivity contribution in [2.45, 2.75) is 0 Å². The van der Waals surface area contributed by atoms with E-state index in [-0.39, 0.29) is 0 Å². The Morgan fingerprint density at radius 2 is 1.33 bits per heavy atom. The van der Waals surface area contributed by atoms with Crippen LogP contribution in [0.3, 0.4) is 0 Å². The zero-order valence-corrected chi connectivity index (χ0v) is 7.68. The number of aromatic amines is 1. The summed E-state index contributed by atoms with van der Waals surface area (Å²) in [6, 6.07) is 6.81. The topological polar surface area (TPSA) is 69.7 Å². The highest BCUT2D eigenvalue weighted by Crippen LogP contribution is 2.17. The van der Waals surface area contributed by atoms with E-state index in [0.717, 1.165) is 0 Å². The van der Waals surface area contributed by atoms with Crippen LogP contribution >= 0.6 is 0 Å². The molecule has 5 heteroatoms. The predicted octanol–water partition coefficient (Wildman–Crippen LogP) is 0.588. The summed E-state index contributed by atoms with van der Waals surface area (Å²) in [6.07, 6.45) is 2.76. The van der Waals surface area contributed by atoms with E-state index in [2.05, 4.69) is 4.98 Å². The third kappa shape index (κ3) is 0.969. The van der Waals surface area contributed by atoms with Crippen molar-refractivity contribution >= 4 is 22.1 Å². The van der Waals surface area contributed by atoms with E-state index in [1.54, 1.807) is 24.3 Å². The highest BCUT2D eigenvalue weighted by Gasteiger charge is 2.19. The summed E-state index contributed by atoms with van der Waals surface area (Å²) < 4.78 is 1.39. The van der Waals surface area contributed by atoms with Crippen molar-refractivity contribution in [3.63, 3.8) is 0 Å². The molecule has 0 spiro atoms. The van der Waals surface area contributed by atoms with Crippen molar-refractivity contribution in [3.05, 3.63) is 47.1 Å². The molecular formula is C10H7N3O2. The molecule has 3 aromatic heterocycles. The molecule has 0 saturated carbocycles. The number of pyridine rings is 2. The number of fused-ring (bicyclic) bond motifs is 3. The maximum Gasteiger partial charge on any atom is 0.315 e. The summed E-state index contributed by atoms with van der Waals surface area (Å²) in [5.74, 6) is 0. The van der Waals surface area contributed by atoms with Crippen LogP contribution in [0.15, 0.2) is 36.7 Å². The molecule has 3 aromatic rings. The summed E-state index contributed by atoms with van der Waals surface area (Å²) in [5, 5.41) is 23.1. The molecule has 0 fully saturated rings. The van der Waals surface area contributed by atoms with Crippen LogP contribution in [-0.2, 0) is 0 Å². The van der Waals surface area contributed by atoms with Crippen LogP contribution in [0.25, 0.3) is 22.1 Å². The average molecular weight is 201 g/mol. The second-order valence-corrected chi connectivity index (χ2v) is 3.32. The van der Waals surface area contributed by atoms with Crippen LogP contribution in [-0.4, -0.2) is 4.98 Å². The van der Waals surface area contributed by atoms with Crippen LogP contribution in [0, 0.1) is 10.4 Å². The number of H-pyrrole nitrogens is 1. The first kappa shape index (κ1) is 8.05. The first-order chi connectivity index (χ1) is 7.27. The summed E-state index contributed by atoms with van der Waals surface area (Å²) in [5.41, 5.74) is 2.09. The van der Waals surface area contributed by atoms with Crippen molar-refractivity contribution in [2.75, 3.05) is 0 Å². The molecular weight excluding hydrogens is 194 g/mol. The van der Waals surface area contributed by atoms with E-state index >= 15 is 0 Å². The van der Waals surface area contributed by atoms with Gasteiger partial charge in [-0.2, -0.15) is 9.46 Å². The first-order valence-electron chi connectivity index (χ1n) is 4.49. The zero-order valence-electron chi connectivity index (χ0n) is 7.68. The maximum absolute atomic E-state index is 11.6. The lowest BCUT2D eigenvalue weighted by molar-refractivity contribution is -0.597. The van der Waals surface area contributed by atoms with Crippen LogP contribution in [0.2, 0.25) is 0 Å². The zero-order chi connectivity index (χ0) is 10.4. The summed E-state index contributed by atoms with van der Waals surface area (Å²) >= 11 is 0. The highest BCUT2D eigenvalue weighted by atomic mass is 16.5. The highest BCUT2D eigenvalue weighted by molar-refractivity contribution is 5.98. The summed E-state index contributed by atoms with van der Waals surface area (Å²) in [4.78, 5) is 3.02. The van der Waals surface area contributed by atoms with Crippen molar-refractivity contribution in [3.8, 4) is 0 Å². The minimum absolute atomic E-state index is 0.378. The van der Waals surface area contributed by atoms with Crippen LogP contribution in [0.5, 0.6) is 0 Å². The van der Waals surface area contributed by atoms with Gasteiger partial charge in [0, 0.05) is 12.1 Å². The second kappa shape index (κ2) is 2.60. The lowest BCUT2D eigenvalue weighted by Gasteiger charge is -1.97. The standard InChI is InChI=1S/C10H7N3O2/c14-12-5-1-3-7-9(12)10-8(11-7)4-2-6-13(10)15/h1-6,11H. The fraction of sp³-hybridized carbons (Fsp3) is 0. The van der Waals surface area contributed by atoms with Crippen LogP contribution in [0.1, 0.15) is 0 Å². The maximum atomic E-state index is 11.6. The Kier molecular flexibility index (Phi) is 1.39. The van der Waals surface area contributed by atoms with Gasteiger partial charge >= 0.3 is 11.0 Å². The number of hydrogen-bond donors (Lipinski definition) is 1. The van der Waals surface area contributed by atoms with Gasteiger partial charge in [0.25, 0.3) is 0 Å². The Balaban J connectivity index is 2.67. The molecule has 0 amide bonds. The number of rotatable bonds is 0. The van der Waals surface area contributed by atoms with E-state index in [1.165, 1.54) is 12.4 Å². The molecule has 15 heavy (non-hydrogen) atoms. The molecule has 0 bridgehead atoms. The van der Waals surface area contributed by atoms with Crippen LogP contribution in [0.4, 0.5) is 0 Å². The third-order valence-corrected chi connectivity index (χ3v) is 2.41. The Bertz CT molecular complexity index is 604. The van der Waals surface area contributed by atoms with Gasteiger partial charge in [-0.3, -0.25) is 0 Å². The van der Waals surface area contributed by atoms with Crippen LogP contribution < -0.4 is 9.46 Å². The monoisotopic (exact) mass is 201 g/mol. The Hall–Kier alpha value is -2.30. The van der Waals surface area contributed by atoms with E-state index in [4.69, 9.17) is 0 Å². The quantitative estimate of drug-likeness (QED) is 0.427. The predicted molar refractivity (Wildman–Crippen MR) is 53.7 cm³/mol. The SMILES string of the molecule is [O-][n+]1cccc2[nH]c3ccc[n+]([O-])c3c21. The summed E-state index contributed by atoms with van der Waals surface area (Å²) in [7, 11) is 0. The van der Waals surface area contributed by atoms with Gasteiger partial charge in [-0.1, -0.05) is 0 Å². The summed E-state index contributed by atoms with van der Waals surface area (Å²) in [6.45, 7) is 0.